The predicted molar refractivity (Wildman–Crippen MR) is 83.9 cm³/mol. The van der Waals surface area contributed by atoms with Crippen molar-refractivity contribution in [1.82, 2.24) is 4.98 Å². The van der Waals surface area contributed by atoms with E-state index in [2.05, 4.69) is 23.7 Å². The standard InChI is InChI=1S/C17H20N2O2/c1-11-7-8-19(12(2)9-11)16-14-6-4-3-5-13(14)15(10-18-16)17(20)21/h3-6,10-12H,7-9H2,1-2H3,(H,20,21). The molecule has 0 amide bonds. The Morgan fingerprint density at radius 3 is 2.67 bits per heavy atom. The molecule has 110 valence electrons. The van der Waals surface area contributed by atoms with E-state index in [1.807, 2.05) is 24.3 Å². The number of hydrogen-bond acceptors (Lipinski definition) is 3. The molecular weight excluding hydrogens is 264 g/mol. The van der Waals surface area contributed by atoms with Gasteiger partial charge >= 0.3 is 5.97 Å². The van der Waals surface area contributed by atoms with Gasteiger partial charge in [-0.25, -0.2) is 9.78 Å². The molecule has 1 aliphatic heterocycles. The van der Waals surface area contributed by atoms with Gasteiger partial charge in [0.15, 0.2) is 0 Å². The molecule has 21 heavy (non-hydrogen) atoms. The van der Waals surface area contributed by atoms with Crippen LogP contribution in [0, 0.1) is 5.92 Å². The maximum Gasteiger partial charge on any atom is 0.337 e. The van der Waals surface area contributed by atoms with Crippen molar-refractivity contribution < 1.29 is 9.90 Å². The van der Waals surface area contributed by atoms with E-state index in [-0.39, 0.29) is 5.56 Å². The highest BCUT2D eigenvalue weighted by molar-refractivity contribution is 6.06. The lowest BCUT2D eigenvalue weighted by molar-refractivity contribution is 0.0698. The van der Waals surface area contributed by atoms with Crippen LogP contribution in [0.4, 0.5) is 5.82 Å². The van der Waals surface area contributed by atoms with Crippen LogP contribution in [-0.2, 0) is 0 Å². The van der Waals surface area contributed by atoms with Crippen LogP contribution >= 0.6 is 0 Å². The van der Waals surface area contributed by atoms with Crippen molar-refractivity contribution in [2.24, 2.45) is 5.92 Å². The summed E-state index contributed by atoms with van der Waals surface area (Å²) < 4.78 is 0. The third-order valence-electron chi connectivity index (χ3n) is 4.41. The molecule has 4 heteroatoms. The molecule has 1 saturated heterocycles. The summed E-state index contributed by atoms with van der Waals surface area (Å²) >= 11 is 0. The molecule has 2 unspecified atom stereocenters. The monoisotopic (exact) mass is 284 g/mol. The highest BCUT2D eigenvalue weighted by Gasteiger charge is 2.25. The highest BCUT2D eigenvalue weighted by Crippen LogP contribution is 2.32. The lowest BCUT2D eigenvalue weighted by Crippen LogP contribution is -2.40. The third-order valence-corrected chi connectivity index (χ3v) is 4.41. The Labute approximate surface area is 124 Å². The molecule has 2 heterocycles. The van der Waals surface area contributed by atoms with Crippen molar-refractivity contribution in [3.8, 4) is 0 Å². The number of pyridine rings is 1. The van der Waals surface area contributed by atoms with Crippen LogP contribution < -0.4 is 4.90 Å². The Balaban J connectivity index is 2.12. The first-order valence-corrected chi connectivity index (χ1v) is 7.45. The maximum absolute atomic E-state index is 11.4. The molecule has 0 aliphatic carbocycles. The molecule has 1 N–H and O–H groups in total. The van der Waals surface area contributed by atoms with Gasteiger partial charge < -0.3 is 10.0 Å². The van der Waals surface area contributed by atoms with E-state index in [1.54, 1.807) is 0 Å². The van der Waals surface area contributed by atoms with E-state index in [1.165, 1.54) is 6.20 Å². The van der Waals surface area contributed by atoms with Gasteiger partial charge in [-0.15, -0.1) is 0 Å². The number of aromatic carboxylic acids is 1. The van der Waals surface area contributed by atoms with E-state index >= 15 is 0 Å². The van der Waals surface area contributed by atoms with Gasteiger partial charge in [0, 0.05) is 29.6 Å². The summed E-state index contributed by atoms with van der Waals surface area (Å²) in [7, 11) is 0. The van der Waals surface area contributed by atoms with E-state index in [0.29, 0.717) is 6.04 Å². The summed E-state index contributed by atoms with van der Waals surface area (Å²) in [6.45, 7) is 5.48. The van der Waals surface area contributed by atoms with Gasteiger partial charge in [-0.3, -0.25) is 0 Å². The number of nitrogens with zero attached hydrogens (tertiary/aromatic N) is 2. The average Bonchev–Trinajstić information content (AvgIpc) is 2.46. The van der Waals surface area contributed by atoms with Crippen molar-refractivity contribution in [1.29, 1.82) is 0 Å². The van der Waals surface area contributed by atoms with Crippen molar-refractivity contribution >= 4 is 22.6 Å². The van der Waals surface area contributed by atoms with Crippen molar-refractivity contribution in [3.63, 3.8) is 0 Å². The molecule has 0 saturated carbocycles. The van der Waals surface area contributed by atoms with Gasteiger partial charge in [-0.2, -0.15) is 0 Å². The van der Waals surface area contributed by atoms with E-state index in [0.717, 1.165) is 41.9 Å². The Bertz CT molecular complexity index is 684. The molecule has 1 aromatic heterocycles. The summed E-state index contributed by atoms with van der Waals surface area (Å²) in [4.78, 5) is 18.1. The molecule has 0 spiro atoms. The molecule has 1 fully saturated rings. The quantitative estimate of drug-likeness (QED) is 0.916. The van der Waals surface area contributed by atoms with Crippen LogP contribution in [0.2, 0.25) is 0 Å². The average molecular weight is 284 g/mol. The largest absolute Gasteiger partial charge is 0.478 e. The molecule has 2 aromatic rings. The number of hydrogen-bond donors (Lipinski definition) is 1. The summed E-state index contributed by atoms with van der Waals surface area (Å²) in [5.74, 6) is 0.723. The van der Waals surface area contributed by atoms with E-state index < -0.39 is 5.97 Å². The first kappa shape index (κ1) is 13.9. The number of rotatable bonds is 2. The van der Waals surface area contributed by atoms with Crippen molar-refractivity contribution in [2.45, 2.75) is 32.7 Å². The summed E-state index contributed by atoms with van der Waals surface area (Å²) in [5.41, 5.74) is 0.271. The molecule has 3 rings (SSSR count). The lowest BCUT2D eigenvalue weighted by atomic mass is 9.93. The number of carboxylic acids is 1. The number of aromatic nitrogens is 1. The fourth-order valence-corrected chi connectivity index (χ4v) is 3.30. The fourth-order valence-electron chi connectivity index (χ4n) is 3.30. The zero-order valence-corrected chi connectivity index (χ0v) is 12.4. The molecule has 0 radical (unpaired) electrons. The fraction of sp³-hybridized carbons (Fsp3) is 0.412. The normalized spacial score (nSPS) is 22.5. The second-order valence-corrected chi connectivity index (χ2v) is 6.02. The molecule has 2 atom stereocenters. The van der Waals surface area contributed by atoms with Crippen molar-refractivity contribution in [3.05, 3.63) is 36.0 Å². The van der Waals surface area contributed by atoms with Crippen LogP contribution in [0.5, 0.6) is 0 Å². The van der Waals surface area contributed by atoms with Gasteiger partial charge in [0.05, 0.1) is 5.56 Å². The first-order chi connectivity index (χ1) is 10.1. The van der Waals surface area contributed by atoms with Gasteiger partial charge in [0.25, 0.3) is 0 Å². The Kier molecular flexibility index (Phi) is 3.53. The smallest absolute Gasteiger partial charge is 0.337 e. The van der Waals surface area contributed by atoms with Crippen LogP contribution in [0.15, 0.2) is 30.5 Å². The number of fused-ring (bicyclic) bond motifs is 1. The Morgan fingerprint density at radius 1 is 1.29 bits per heavy atom. The predicted octanol–water partition coefficient (Wildman–Crippen LogP) is 3.56. The Hall–Kier alpha value is -2.10. The summed E-state index contributed by atoms with van der Waals surface area (Å²) in [5, 5.41) is 11.0. The topological polar surface area (TPSA) is 53.4 Å². The SMILES string of the molecule is CC1CCN(c2ncc(C(=O)O)c3ccccc23)C(C)C1. The minimum absolute atomic E-state index is 0.271. The highest BCUT2D eigenvalue weighted by atomic mass is 16.4. The van der Waals surface area contributed by atoms with Crippen LogP contribution in [0.1, 0.15) is 37.0 Å². The van der Waals surface area contributed by atoms with E-state index in [4.69, 9.17) is 0 Å². The number of carbonyl (C=O) groups is 1. The minimum Gasteiger partial charge on any atom is -0.478 e. The maximum atomic E-state index is 11.4. The molecule has 0 bridgehead atoms. The Morgan fingerprint density at radius 2 is 2.00 bits per heavy atom. The molecule has 4 nitrogen and oxygen atoms in total. The van der Waals surface area contributed by atoms with Crippen LogP contribution in [0.3, 0.4) is 0 Å². The van der Waals surface area contributed by atoms with Gasteiger partial charge in [0.2, 0.25) is 0 Å². The van der Waals surface area contributed by atoms with Gasteiger partial charge in [-0.1, -0.05) is 31.2 Å². The first-order valence-electron chi connectivity index (χ1n) is 7.45. The lowest BCUT2D eigenvalue weighted by Gasteiger charge is -2.38. The third kappa shape index (κ3) is 2.46. The number of anilines is 1. The van der Waals surface area contributed by atoms with Gasteiger partial charge in [-0.05, 0) is 25.7 Å². The zero-order valence-electron chi connectivity index (χ0n) is 12.4. The molecule has 1 aliphatic rings. The molecular formula is C17H20N2O2. The van der Waals surface area contributed by atoms with Crippen molar-refractivity contribution in [2.75, 3.05) is 11.4 Å². The van der Waals surface area contributed by atoms with E-state index in [9.17, 15) is 9.90 Å². The number of carboxylic acid groups (broad SMARTS) is 1. The van der Waals surface area contributed by atoms with Gasteiger partial charge in [0.1, 0.15) is 5.82 Å². The molecule has 1 aromatic carbocycles. The second kappa shape index (κ2) is 5.35. The number of piperidine rings is 1. The van der Waals surface area contributed by atoms with Crippen LogP contribution in [0.25, 0.3) is 10.8 Å². The zero-order chi connectivity index (χ0) is 15.0. The minimum atomic E-state index is -0.925. The number of benzene rings is 1. The summed E-state index contributed by atoms with van der Waals surface area (Å²) in [6.07, 6.45) is 3.79. The summed E-state index contributed by atoms with van der Waals surface area (Å²) in [6, 6.07) is 8.08. The van der Waals surface area contributed by atoms with Crippen LogP contribution in [-0.4, -0.2) is 28.6 Å². The second-order valence-electron chi connectivity index (χ2n) is 6.02.